The quantitative estimate of drug-likeness (QED) is 0.822. The van der Waals surface area contributed by atoms with Crippen LogP contribution in [0.3, 0.4) is 0 Å². The molecule has 1 aliphatic rings. The number of carbonyl (C=O) groups excluding carboxylic acids is 1. The van der Waals surface area contributed by atoms with Crippen LogP contribution < -0.4 is 10.6 Å². The zero-order valence-corrected chi connectivity index (χ0v) is 11.5. The lowest BCUT2D eigenvalue weighted by Crippen LogP contribution is -2.43. The largest absolute Gasteiger partial charge is 0.398 e. The highest BCUT2D eigenvalue weighted by Crippen LogP contribution is 2.32. The molecule has 1 fully saturated rings. The third kappa shape index (κ3) is 4.72. The highest BCUT2D eigenvalue weighted by atomic mass is 32.2. The summed E-state index contributed by atoms with van der Waals surface area (Å²) in [5, 5.41) is 5.76. The Labute approximate surface area is 119 Å². The maximum atomic E-state index is 12.2. The Kier molecular flexibility index (Phi) is 4.93. The van der Waals surface area contributed by atoms with E-state index < -0.39 is 11.9 Å². The van der Waals surface area contributed by atoms with Gasteiger partial charge in [-0.15, -0.1) is 11.8 Å². The van der Waals surface area contributed by atoms with E-state index in [4.69, 9.17) is 0 Å². The fourth-order valence-corrected chi connectivity index (χ4v) is 2.58. The average Bonchev–Trinajstić information content (AvgIpc) is 2.32. The maximum Gasteiger partial charge on any atom is 0.398 e. The van der Waals surface area contributed by atoms with Crippen molar-refractivity contribution >= 4 is 23.4 Å². The van der Waals surface area contributed by atoms with Gasteiger partial charge in [-0.2, -0.15) is 13.2 Å². The number of para-hydroxylation sites is 1. The van der Waals surface area contributed by atoms with Gasteiger partial charge >= 0.3 is 6.18 Å². The molecule has 20 heavy (non-hydrogen) atoms. The zero-order valence-electron chi connectivity index (χ0n) is 10.7. The summed E-state index contributed by atoms with van der Waals surface area (Å²) in [5.41, 5.74) is 0.444. The van der Waals surface area contributed by atoms with Gasteiger partial charge in [0.15, 0.2) is 0 Å². The highest BCUT2D eigenvalue weighted by molar-refractivity contribution is 7.99. The predicted octanol–water partition coefficient (Wildman–Crippen LogP) is 2.89. The van der Waals surface area contributed by atoms with E-state index in [2.05, 4.69) is 10.6 Å². The van der Waals surface area contributed by atoms with Crippen molar-refractivity contribution in [3.63, 3.8) is 0 Å². The molecule has 1 aromatic carbocycles. The number of alkyl halides is 3. The lowest BCUT2D eigenvalue weighted by Gasteiger charge is -2.26. The second-order valence-corrected chi connectivity index (χ2v) is 5.69. The molecule has 0 unspecified atom stereocenters. The minimum absolute atomic E-state index is 0.156. The molecule has 0 spiro atoms. The molecule has 0 aliphatic carbocycles. The van der Waals surface area contributed by atoms with E-state index >= 15 is 0 Å². The van der Waals surface area contributed by atoms with Crippen molar-refractivity contribution in [1.82, 2.24) is 5.32 Å². The molecule has 0 saturated carbocycles. The van der Waals surface area contributed by atoms with E-state index in [1.807, 2.05) is 0 Å². The average molecular weight is 304 g/mol. The number of anilines is 1. The molecule has 0 atom stereocenters. The minimum atomic E-state index is -4.22. The Bertz CT molecular complexity index is 475. The number of carbonyl (C=O) groups is 1. The molecule has 110 valence electrons. The van der Waals surface area contributed by atoms with E-state index in [9.17, 15) is 18.0 Å². The second kappa shape index (κ2) is 6.49. The summed E-state index contributed by atoms with van der Waals surface area (Å²) in [5.74, 6) is -0.798. The second-order valence-electron chi connectivity index (χ2n) is 4.68. The molecule has 2 N–H and O–H groups in total. The summed E-state index contributed by atoms with van der Waals surface area (Å²) in [6.45, 7) is 1.63. The Morgan fingerprint density at radius 2 is 2.05 bits per heavy atom. The zero-order chi connectivity index (χ0) is 14.6. The topological polar surface area (TPSA) is 41.1 Å². The molecular weight excluding hydrogens is 289 g/mol. The van der Waals surface area contributed by atoms with Crippen LogP contribution in [0.4, 0.5) is 18.9 Å². The van der Waals surface area contributed by atoms with Gasteiger partial charge in [-0.05, 0) is 31.1 Å². The van der Waals surface area contributed by atoms with E-state index in [1.54, 1.807) is 24.3 Å². The first kappa shape index (κ1) is 15.2. The third-order valence-electron chi connectivity index (χ3n) is 2.89. The van der Waals surface area contributed by atoms with E-state index in [-0.39, 0.29) is 5.91 Å². The minimum Gasteiger partial charge on any atom is -0.325 e. The number of halogens is 3. The van der Waals surface area contributed by atoms with Crippen LogP contribution >= 0.6 is 11.8 Å². The van der Waals surface area contributed by atoms with Crippen molar-refractivity contribution in [1.29, 1.82) is 0 Å². The monoisotopic (exact) mass is 304 g/mol. The summed E-state index contributed by atoms with van der Waals surface area (Å²) in [6, 6.07) is 6.55. The molecule has 1 saturated heterocycles. The molecule has 1 aliphatic heterocycles. The van der Waals surface area contributed by atoms with Crippen LogP contribution in [0.5, 0.6) is 0 Å². The number of thioether (sulfide) groups is 1. The molecule has 1 aromatic rings. The SMILES string of the molecule is O=C(CC1CNC1)Nc1ccccc1SCC(F)(F)F. The summed E-state index contributed by atoms with van der Waals surface area (Å²) in [4.78, 5) is 12.2. The first-order valence-corrected chi connectivity index (χ1v) is 7.22. The van der Waals surface area contributed by atoms with Gasteiger partial charge in [0.25, 0.3) is 0 Å². The Balaban J connectivity index is 1.94. The smallest absolute Gasteiger partial charge is 0.325 e. The van der Waals surface area contributed by atoms with Crippen molar-refractivity contribution in [2.24, 2.45) is 5.92 Å². The first-order valence-electron chi connectivity index (χ1n) is 6.23. The number of rotatable bonds is 5. The van der Waals surface area contributed by atoms with Gasteiger partial charge in [-0.3, -0.25) is 4.79 Å². The number of benzene rings is 1. The molecule has 0 radical (unpaired) electrons. The van der Waals surface area contributed by atoms with Crippen LogP contribution in [0, 0.1) is 5.92 Å². The van der Waals surface area contributed by atoms with Gasteiger partial charge in [0.2, 0.25) is 5.91 Å². The lowest BCUT2D eigenvalue weighted by atomic mass is 9.99. The van der Waals surface area contributed by atoms with Crippen molar-refractivity contribution in [3.05, 3.63) is 24.3 Å². The number of hydrogen-bond acceptors (Lipinski definition) is 3. The Morgan fingerprint density at radius 3 is 2.65 bits per heavy atom. The van der Waals surface area contributed by atoms with Gasteiger partial charge in [-0.25, -0.2) is 0 Å². The molecule has 0 bridgehead atoms. The van der Waals surface area contributed by atoms with Crippen LogP contribution in [0.15, 0.2) is 29.2 Å². The molecule has 2 rings (SSSR count). The molecule has 0 aromatic heterocycles. The standard InChI is InChI=1S/C13H15F3N2OS/c14-13(15,16)8-20-11-4-2-1-3-10(11)18-12(19)5-9-6-17-7-9/h1-4,9,17H,5-8H2,(H,18,19). The first-order chi connectivity index (χ1) is 9.44. The van der Waals surface area contributed by atoms with Gasteiger partial charge in [0, 0.05) is 11.3 Å². The summed E-state index contributed by atoms with van der Waals surface area (Å²) < 4.78 is 36.7. The van der Waals surface area contributed by atoms with E-state index in [1.165, 1.54) is 0 Å². The normalized spacial score (nSPS) is 15.8. The Hall–Kier alpha value is -1.21. The van der Waals surface area contributed by atoms with E-state index in [0.29, 0.717) is 34.7 Å². The van der Waals surface area contributed by atoms with Crippen molar-refractivity contribution in [3.8, 4) is 0 Å². The fourth-order valence-electron chi connectivity index (χ4n) is 1.81. The molecular formula is C13H15F3N2OS. The highest BCUT2D eigenvalue weighted by Gasteiger charge is 2.28. The van der Waals surface area contributed by atoms with Crippen LogP contribution in [0.25, 0.3) is 0 Å². The predicted molar refractivity (Wildman–Crippen MR) is 72.8 cm³/mol. The number of nitrogens with one attached hydrogen (secondary N) is 2. The van der Waals surface area contributed by atoms with Crippen molar-refractivity contribution < 1.29 is 18.0 Å². The summed E-state index contributed by atoms with van der Waals surface area (Å²) in [6.07, 6.45) is -3.83. The van der Waals surface area contributed by atoms with Crippen molar-refractivity contribution in [2.45, 2.75) is 17.5 Å². The van der Waals surface area contributed by atoms with Gasteiger partial charge in [0.1, 0.15) is 0 Å². The van der Waals surface area contributed by atoms with Crippen LogP contribution in [-0.4, -0.2) is 30.9 Å². The van der Waals surface area contributed by atoms with E-state index in [0.717, 1.165) is 13.1 Å². The Morgan fingerprint density at radius 1 is 1.35 bits per heavy atom. The molecule has 3 nitrogen and oxygen atoms in total. The number of hydrogen-bond donors (Lipinski definition) is 2. The molecule has 7 heteroatoms. The fraction of sp³-hybridized carbons (Fsp3) is 0.462. The maximum absolute atomic E-state index is 12.2. The van der Waals surface area contributed by atoms with Crippen LogP contribution in [0.2, 0.25) is 0 Å². The van der Waals surface area contributed by atoms with Gasteiger partial charge in [-0.1, -0.05) is 12.1 Å². The van der Waals surface area contributed by atoms with Gasteiger partial charge in [0.05, 0.1) is 11.4 Å². The van der Waals surface area contributed by atoms with Crippen LogP contribution in [-0.2, 0) is 4.79 Å². The van der Waals surface area contributed by atoms with Crippen molar-refractivity contribution in [2.75, 3.05) is 24.2 Å². The summed E-state index contributed by atoms with van der Waals surface area (Å²) in [7, 11) is 0. The molecule has 1 heterocycles. The number of amides is 1. The van der Waals surface area contributed by atoms with Gasteiger partial charge < -0.3 is 10.6 Å². The third-order valence-corrected chi connectivity index (χ3v) is 4.03. The van der Waals surface area contributed by atoms with Crippen LogP contribution in [0.1, 0.15) is 6.42 Å². The lowest BCUT2D eigenvalue weighted by molar-refractivity contribution is -0.117. The molecule has 1 amide bonds. The summed E-state index contributed by atoms with van der Waals surface area (Å²) >= 11 is 0.683.